The third-order valence-electron chi connectivity index (χ3n) is 5.77. The summed E-state index contributed by atoms with van der Waals surface area (Å²) >= 11 is 3.45. The number of benzene rings is 1. The van der Waals surface area contributed by atoms with Gasteiger partial charge >= 0.3 is 0 Å². The molecule has 0 unspecified atom stereocenters. The minimum absolute atomic E-state index is 0.0349. The van der Waals surface area contributed by atoms with Gasteiger partial charge in [0, 0.05) is 42.4 Å². The first kappa shape index (κ1) is 17.0. The summed E-state index contributed by atoms with van der Waals surface area (Å²) in [5.41, 5.74) is 0.867. The summed E-state index contributed by atoms with van der Waals surface area (Å²) < 4.78 is 0.945. The number of piperidine rings is 1. The normalized spacial score (nSPS) is 27.5. The second-order valence-electron chi connectivity index (χ2n) is 7.28. The summed E-state index contributed by atoms with van der Waals surface area (Å²) in [6, 6.07) is 8.21. The number of carbonyl (C=O) groups excluding carboxylic acids is 2. The smallest absolute Gasteiger partial charge is 0.239 e. The molecule has 3 aliphatic heterocycles. The van der Waals surface area contributed by atoms with Crippen LogP contribution in [0.15, 0.2) is 28.7 Å². The van der Waals surface area contributed by atoms with Gasteiger partial charge in [-0.15, -0.1) is 0 Å². The lowest BCUT2D eigenvalue weighted by atomic mass is 9.98. The quantitative estimate of drug-likeness (QED) is 0.709. The zero-order valence-electron chi connectivity index (χ0n) is 14.4. The van der Waals surface area contributed by atoms with E-state index in [9.17, 15) is 9.59 Å². The maximum Gasteiger partial charge on any atom is 0.239 e. The highest BCUT2D eigenvalue weighted by atomic mass is 79.9. The van der Waals surface area contributed by atoms with Crippen molar-refractivity contribution in [3.8, 4) is 0 Å². The van der Waals surface area contributed by atoms with Gasteiger partial charge in [0.1, 0.15) is 5.92 Å². The fourth-order valence-electron chi connectivity index (χ4n) is 4.39. The van der Waals surface area contributed by atoms with Crippen LogP contribution in [-0.2, 0) is 9.59 Å². The van der Waals surface area contributed by atoms with Gasteiger partial charge in [-0.2, -0.15) is 0 Å². The molecule has 3 saturated heterocycles. The monoisotopic (exact) mass is 405 g/mol. The van der Waals surface area contributed by atoms with Crippen LogP contribution < -0.4 is 4.90 Å². The summed E-state index contributed by atoms with van der Waals surface area (Å²) in [4.78, 5) is 32.0. The van der Waals surface area contributed by atoms with E-state index >= 15 is 0 Å². The van der Waals surface area contributed by atoms with Crippen LogP contribution in [-0.4, -0.2) is 60.4 Å². The van der Waals surface area contributed by atoms with E-state index in [2.05, 4.69) is 20.8 Å². The average Bonchev–Trinajstić information content (AvgIpc) is 3.02. The first-order valence-electron chi connectivity index (χ1n) is 9.23. The van der Waals surface area contributed by atoms with Crippen molar-refractivity contribution in [3.05, 3.63) is 28.7 Å². The Kier molecular flexibility index (Phi) is 4.82. The van der Waals surface area contributed by atoms with Crippen molar-refractivity contribution in [2.24, 2.45) is 5.92 Å². The van der Waals surface area contributed by atoms with E-state index in [0.717, 1.165) is 36.3 Å². The summed E-state index contributed by atoms with van der Waals surface area (Å²) in [7, 11) is 0. The summed E-state index contributed by atoms with van der Waals surface area (Å²) in [6.07, 6.45) is 4.32. The molecule has 1 aromatic carbocycles. The minimum Gasteiger partial charge on any atom is -0.339 e. The Balaban J connectivity index is 1.43. The molecule has 134 valence electrons. The van der Waals surface area contributed by atoms with E-state index in [-0.39, 0.29) is 11.8 Å². The van der Waals surface area contributed by atoms with Crippen molar-refractivity contribution in [3.63, 3.8) is 0 Å². The molecule has 3 fully saturated rings. The van der Waals surface area contributed by atoms with E-state index in [1.165, 1.54) is 19.3 Å². The van der Waals surface area contributed by atoms with Crippen molar-refractivity contribution >= 4 is 33.4 Å². The van der Waals surface area contributed by atoms with Crippen LogP contribution in [0.5, 0.6) is 0 Å². The maximum atomic E-state index is 13.0. The number of amides is 2. The molecular formula is C19H24BrN3O2. The summed E-state index contributed by atoms with van der Waals surface area (Å²) in [5, 5.41) is 0. The number of fused-ring (bicyclic) bond motifs is 1. The van der Waals surface area contributed by atoms with Gasteiger partial charge in [-0.3, -0.25) is 14.5 Å². The third-order valence-corrected chi connectivity index (χ3v) is 6.27. The number of hydrogen-bond acceptors (Lipinski definition) is 3. The van der Waals surface area contributed by atoms with Crippen molar-refractivity contribution in [1.82, 2.24) is 9.80 Å². The van der Waals surface area contributed by atoms with Gasteiger partial charge in [-0.25, -0.2) is 0 Å². The van der Waals surface area contributed by atoms with Gasteiger partial charge in [0.25, 0.3) is 0 Å². The highest BCUT2D eigenvalue weighted by molar-refractivity contribution is 9.10. The maximum absolute atomic E-state index is 13.0. The molecule has 0 radical (unpaired) electrons. The van der Waals surface area contributed by atoms with Gasteiger partial charge in [0.15, 0.2) is 0 Å². The Morgan fingerprint density at radius 2 is 1.96 bits per heavy atom. The molecule has 25 heavy (non-hydrogen) atoms. The van der Waals surface area contributed by atoms with Crippen molar-refractivity contribution in [1.29, 1.82) is 0 Å². The molecule has 6 heteroatoms. The van der Waals surface area contributed by atoms with Gasteiger partial charge < -0.3 is 9.80 Å². The lowest BCUT2D eigenvalue weighted by Crippen LogP contribution is -2.57. The van der Waals surface area contributed by atoms with E-state index < -0.39 is 5.92 Å². The first-order chi connectivity index (χ1) is 12.1. The molecule has 3 heterocycles. The van der Waals surface area contributed by atoms with E-state index in [4.69, 9.17) is 0 Å². The fraction of sp³-hybridized carbons (Fsp3) is 0.579. The van der Waals surface area contributed by atoms with Crippen molar-refractivity contribution in [2.45, 2.75) is 31.7 Å². The molecule has 0 bridgehead atoms. The molecule has 0 aromatic heterocycles. The van der Waals surface area contributed by atoms with Crippen molar-refractivity contribution in [2.75, 3.05) is 37.6 Å². The summed E-state index contributed by atoms with van der Waals surface area (Å²) in [5.74, 6) is -0.518. The van der Waals surface area contributed by atoms with E-state index in [1.54, 1.807) is 4.90 Å². The number of piperazine rings is 1. The van der Waals surface area contributed by atoms with Gasteiger partial charge in [0.2, 0.25) is 11.8 Å². The Morgan fingerprint density at radius 3 is 2.80 bits per heavy atom. The molecule has 0 aliphatic carbocycles. The van der Waals surface area contributed by atoms with Crippen LogP contribution in [0, 0.1) is 5.92 Å². The van der Waals surface area contributed by atoms with E-state index in [1.807, 2.05) is 29.2 Å². The highest BCUT2D eigenvalue weighted by Gasteiger charge is 2.41. The Bertz CT molecular complexity index is 680. The highest BCUT2D eigenvalue weighted by Crippen LogP contribution is 2.29. The SMILES string of the molecule is O=C([C@@H]1CCN(c2cccc(Br)c2)C1=O)N1CCN2CCCC[C@H]2C1. The molecule has 3 aliphatic rings. The number of rotatable bonds is 2. The van der Waals surface area contributed by atoms with Gasteiger partial charge in [0.05, 0.1) is 0 Å². The predicted octanol–water partition coefficient (Wildman–Crippen LogP) is 2.50. The number of halogens is 1. The number of nitrogens with zero attached hydrogens (tertiary/aromatic N) is 3. The van der Waals surface area contributed by atoms with Gasteiger partial charge in [-0.05, 0) is 44.0 Å². The largest absolute Gasteiger partial charge is 0.339 e. The summed E-state index contributed by atoms with van der Waals surface area (Å²) in [6.45, 7) is 4.28. The van der Waals surface area contributed by atoms with Crippen LogP contribution in [0.25, 0.3) is 0 Å². The molecule has 2 amide bonds. The molecule has 0 saturated carbocycles. The second-order valence-corrected chi connectivity index (χ2v) is 8.20. The number of hydrogen-bond donors (Lipinski definition) is 0. The standard InChI is InChI=1S/C19H24BrN3O2/c20-14-4-3-6-15(12-14)23-9-7-17(19(23)25)18(24)22-11-10-21-8-2-1-5-16(21)13-22/h3-4,6,12,16-17H,1-2,5,7-11,13H2/t16-,17-/m0/s1. The number of carbonyl (C=O) groups is 2. The average molecular weight is 406 g/mol. The van der Waals surface area contributed by atoms with Crippen LogP contribution in [0.1, 0.15) is 25.7 Å². The first-order valence-corrected chi connectivity index (χ1v) is 10.0. The van der Waals surface area contributed by atoms with E-state index in [0.29, 0.717) is 19.0 Å². The Hall–Kier alpha value is -1.40. The number of anilines is 1. The van der Waals surface area contributed by atoms with Crippen LogP contribution in [0.3, 0.4) is 0 Å². The molecule has 5 nitrogen and oxygen atoms in total. The molecular weight excluding hydrogens is 382 g/mol. The minimum atomic E-state index is -0.505. The zero-order chi connectivity index (χ0) is 17.4. The Morgan fingerprint density at radius 1 is 1.08 bits per heavy atom. The van der Waals surface area contributed by atoms with Gasteiger partial charge in [-0.1, -0.05) is 28.4 Å². The third kappa shape index (κ3) is 3.34. The second kappa shape index (κ2) is 7.08. The predicted molar refractivity (Wildman–Crippen MR) is 100 cm³/mol. The van der Waals surface area contributed by atoms with Crippen LogP contribution in [0.2, 0.25) is 0 Å². The lowest BCUT2D eigenvalue weighted by molar-refractivity contribution is -0.142. The van der Waals surface area contributed by atoms with Crippen LogP contribution >= 0.6 is 15.9 Å². The molecule has 1 aromatic rings. The van der Waals surface area contributed by atoms with Crippen molar-refractivity contribution < 1.29 is 9.59 Å². The molecule has 4 rings (SSSR count). The molecule has 0 N–H and O–H groups in total. The molecule has 2 atom stereocenters. The van der Waals surface area contributed by atoms with Crippen LogP contribution in [0.4, 0.5) is 5.69 Å². The Labute approximate surface area is 157 Å². The lowest BCUT2D eigenvalue weighted by Gasteiger charge is -2.44. The molecule has 0 spiro atoms. The fourth-order valence-corrected chi connectivity index (χ4v) is 4.77. The topological polar surface area (TPSA) is 43.9 Å². The zero-order valence-corrected chi connectivity index (χ0v) is 16.0.